The lowest BCUT2D eigenvalue weighted by atomic mass is 10.5. The van der Waals surface area contributed by atoms with Crippen molar-refractivity contribution in [1.29, 1.82) is 0 Å². The van der Waals surface area contributed by atoms with Gasteiger partial charge in [0.2, 0.25) is 0 Å². The maximum Gasteiger partial charge on any atom is 0.411 e. The molecule has 17 heavy (non-hydrogen) atoms. The van der Waals surface area contributed by atoms with Crippen LogP contribution in [0.15, 0.2) is 0 Å². The molecule has 0 radical (unpaired) electrons. The molecule has 0 aromatic heterocycles. The summed E-state index contributed by atoms with van der Waals surface area (Å²) in [6.07, 6.45) is -4.38. The SMILES string of the molecule is CCOC(COCC(F)(F)F)(OCC)OCC. The number of hydrogen-bond donors (Lipinski definition) is 0. The Balaban J connectivity index is 4.33. The smallest absolute Gasteiger partial charge is 0.364 e. The molecule has 0 saturated heterocycles. The summed E-state index contributed by atoms with van der Waals surface area (Å²) >= 11 is 0. The predicted molar refractivity (Wildman–Crippen MR) is 54.5 cm³/mol. The monoisotopic (exact) mass is 260 g/mol. The third kappa shape index (κ3) is 7.54. The minimum Gasteiger partial charge on any atom is -0.364 e. The quantitative estimate of drug-likeness (QED) is 0.596. The van der Waals surface area contributed by atoms with Crippen molar-refractivity contribution in [2.24, 2.45) is 0 Å². The van der Waals surface area contributed by atoms with E-state index < -0.39 is 25.4 Å². The molecule has 0 aromatic carbocycles. The van der Waals surface area contributed by atoms with Gasteiger partial charge < -0.3 is 18.9 Å². The van der Waals surface area contributed by atoms with E-state index in [4.69, 9.17) is 14.2 Å². The molecular weight excluding hydrogens is 241 g/mol. The molecule has 0 fully saturated rings. The Bertz CT molecular complexity index is 179. The highest BCUT2D eigenvalue weighted by Crippen LogP contribution is 2.19. The van der Waals surface area contributed by atoms with Crippen LogP contribution >= 0.6 is 0 Å². The molecule has 0 aliphatic rings. The van der Waals surface area contributed by atoms with Gasteiger partial charge in [0, 0.05) is 19.8 Å². The molecule has 104 valence electrons. The Labute approximate surface area is 99.0 Å². The van der Waals surface area contributed by atoms with Crippen LogP contribution in [0.1, 0.15) is 20.8 Å². The van der Waals surface area contributed by atoms with Gasteiger partial charge in [0.25, 0.3) is 0 Å². The van der Waals surface area contributed by atoms with E-state index in [-0.39, 0.29) is 19.8 Å². The second kappa shape index (κ2) is 7.86. The van der Waals surface area contributed by atoms with Gasteiger partial charge in [0.1, 0.15) is 13.2 Å². The Hall–Kier alpha value is -0.370. The van der Waals surface area contributed by atoms with Gasteiger partial charge in [-0.1, -0.05) is 0 Å². The van der Waals surface area contributed by atoms with Gasteiger partial charge >= 0.3 is 12.1 Å². The number of rotatable bonds is 9. The highest BCUT2D eigenvalue weighted by Gasteiger charge is 2.36. The summed E-state index contributed by atoms with van der Waals surface area (Å²) in [5.41, 5.74) is 0. The lowest BCUT2D eigenvalue weighted by Gasteiger charge is -2.31. The van der Waals surface area contributed by atoms with Crippen LogP contribution in [0.3, 0.4) is 0 Å². The Morgan fingerprint density at radius 3 is 1.47 bits per heavy atom. The highest BCUT2D eigenvalue weighted by molar-refractivity contribution is 4.57. The Morgan fingerprint density at radius 2 is 1.18 bits per heavy atom. The van der Waals surface area contributed by atoms with Crippen molar-refractivity contribution in [3.8, 4) is 0 Å². The molecule has 0 amide bonds. The molecule has 0 spiro atoms. The topological polar surface area (TPSA) is 36.9 Å². The van der Waals surface area contributed by atoms with Crippen molar-refractivity contribution < 1.29 is 32.1 Å². The molecule has 7 heteroatoms. The van der Waals surface area contributed by atoms with E-state index in [2.05, 4.69) is 4.74 Å². The van der Waals surface area contributed by atoms with Gasteiger partial charge in [-0.3, -0.25) is 0 Å². The van der Waals surface area contributed by atoms with Gasteiger partial charge in [0.05, 0.1) is 0 Å². The van der Waals surface area contributed by atoms with E-state index in [1.165, 1.54) is 0 Å². The molecule has 0 atom stereocenters. The summed E-state index contributed by atoms with van der Waals surface area (Å²) in [4.78, 5) is 0. The summed E-state index contributed by atoms with van der Waals surface area (Å²) < 4.78 is 55.9. The summed E-state index contributed by atoms with van der Waals surface area (Å²) in [5.74, 6) is -1.55. The second-order valence-corrected chi connectivity index (χ2v) is 3.09. The number of alkyl halides is 3. The number of halogens is 3. The highest BCUT2D eigenvalue weighted by atomic mass is 19.4. The Morgan fingerprint density at radius 1 is 0.765 bits per heavy atom. The first kappa shape index (κ1) is 16.6. The van der Waals surface area contributed by atoms with Crippen molar-refractivity contribution in [2.75, 3.05) is 33.0 Å². The lowest BCUT2D eigenvalue weighted by molar-refractivity contribution is -0.394. The molecule has 0 bridgehead atoms. The minimum absolute atomic E-state index is 0.245. The molecule has 0 aromatic rings. The summed E-state index contributed by atoms with van der Waals surface area (Å²) in [5, 5.41) is 0. The van der Waals surface area contributed by atoms with Crippen LogP contribution < -0.4 is 0 Å². The molecule has 0 heterocycles. The lowest BCUT2D eigenvalue weighted by Crippen LogP contribution is -2.44. The molecular formula is C10H19F3O4. The van der Waals surface area contributed by atoms with Crippen molar-refractivity contribution >= 4 is 0 Å². The molecule has 0 aliphatic carbocycles. The van der Waals surface area contributed by atoms with Gasteiger partial charge in [-0.15, -0.1) is 0 Å². The summed E-state index contributed by atoms with van der Waals surface area (Å²) in [7, 11) is 0. The zero-order chi connectivity index (χ0) is 13.4. The van der Waals surface area contributed by atoms with E-state index in [1.807, 2.05) is 0 Å². The third-order valence-electron chi connectivity index (χ3n) is 1.64. The molecule has 0 N–H and O–H groups in total. The number of ether oxygens (including phenoxy) is 4. The standard InChI is InChI=1S/C10H19F3O4/c1-4-15-10(16-5-2,17-6-3)8-14-7-9(11,12)13/h4-8H2,1-3H3. The Kier molecular flexibility index (Phi) is 7.69. The van der Waals surface area contributed by atoms with Crippen LogP contribution in [0.2, 0.25) is 0 Å². The maximum absolute atomic E-state index is 11.9. The first-order chi connectivity index (χ1) is 7.89. The zero-order valence-electron chi connectivity index (χ0n) is 10.3. The van der Waals surface area contributed by atoms with Crippen molar-refractivity contribution in [2.45, 2.75) is 32.9 Å². The first-order valence-electron chi connectivity index (χ1n) is 5.45. The van der Waals surface area contributed by atoms with E-state index in [9.17, 15) is 13.2 Å². The fraction of sp³-hybridized carbons (Fsp3) is 1.00. The molecule has 4 nitrogen and oxygen atoms in total. The summed E-state index contributed by atoms with van der Waals surface area (Å²) in [6, 6.07) is 0. The second-order valence-electron chi connectivity index (χ2n) is 3.09. The minimum atomic E-state index is -4.38. The molecule has 0 saturated carbocycles. The zero-order valence-corrected chi connectivity index (χ0v) is 10.3. The molecule has 0 aliphatic heterocycles. The average Bonchev–Trinajstić information content (AvgIpc) is 2.16. The van der Waals surface area contributed by atoms with Crippen LogP contribution in [0.4, 0.5) is 13.2 Å². The van der Waals surface area contributed by atoms with E-state index in [0.29, 0.717) is 0 Å². The van der Waals surface area contributed by atoms with Crippen LogP contribution in [0.25, 0.3) is 0 Å². The number of hydrogen-bond acceptors (Lipinski definition) is 4. The van der Waals surface area contributed by atoms with Crippen molar-refractivity contribution in [3.63, 3.8) is 0 Å². The van der Waals surface area contributed by atoms with Gasteiger partial charge in [-0.2, -0.15) is 13.2 Å². The summed E-state index contributed by atoms with van der Waals surface area (Å²) in [6.45, 7) is 4.02. The largest absolute Gasteiger partial charge is 0.411 e. The van der Waals surface area contributed by atoms with Gasteiger partial charge in [-0.05, 0) is 20.8 Å². The fourth-order valence-electron chi connectivity index (χ4n) is 1.20. The maximum atomic E-state index is 11.9. The molecule has 0 unspecified atom stereocenters. The first-order valence-corrected chi connectivity index (χ1v) is 5.45. The normalized spacial score (nSPS) is 13.1. The van der Waals surface area contributed by atoms with Gasteiger partial charge in [-0.25, -0.2) is 0 Å². The van der Waals surface area contributed by atoms with Crippen LogP contribution in [0, 0.1) is 0 Å². The van der Waals surface area contributed by atoms with Crippen LogP contribution in [-0.2, 0) is 18.9 Å². The third-order valence-corrected chi connectivity index (χ3v) is 1.64. The fourth-order valence-corrected chi connectivity index (χ4v) is 1.20. The van der Waals surface area contributed by atoms with E-state index in [1.54, 1.807) is 20.8 Å². The van der Waals surface area contributed by atoms with E-state index >= 15 is 0 Å². The van der Waals surface area contributed by atoms with Crippen molar-refractivity contribution in [3.05, 3.63) is 0 Å². The van der Waals surface area contributed by atoms with Crippen LogP contribution in [0.5, 0.6) is 0 Å². The van der Waals surface area contributed by atoms with E-state index in [0.717, 1.165) is 0 Å². The average molecular weight is 260 g/mol. The van der Waals surface area contributed by atoms with Crippen molar-refractivity contribution in [1.82, 2.24) is 0 Å². The van der Waals surface area contributed by atoms with Crippen LogP contribution in [-0.4, -0.2) is 45.2 Å². The predicted octanol–water partition coefficient (Wildman–Crippen LogP) is 2.33. The van der Waals surface area contributed by atoms with Gasteiger partial charge in [0.15, 0.2) is 0 Å². The molecule has 0 rings (SSSR count).